The number of ether oxygens (including phenoxy) is 4. The molecule has 0 rings (SSSR count). The molecule has 0 amide bonds. The SMILES string of the molecule is CCCCCCC(C)(CCCCCC)C(=O)OCCOCCOCCOCC. The van der Waals surface area contributed by atoms with Crippen LogP contribution >= 0.6 is 0 Å². The summed E-state index contributed by atoms with van der Waals surface area (Å²) in [6, 6.07) is 0. The van der Waals surface area contributed by atoms with Crippen molar-refractivity contribution in [3.05, 3.63) is 0 Å². The van der Waals surface area contributed by atoms with Crippen LogP contribution in [0.25, 0.3) is 0 Å². The van der Waals surface area contributed by atoms with Crippen molar-refractivity contribution in [1.29, 1.82) is 0 Å². The molecule has 168 valence electrons. The predicted molar refractivity (Wildman–Crippen MR) is 115 cm³/mol. The van der Waals surface area contributed by atoms with Crippen LogP contribution in [-0.4, -0.2) is 52.2 Å². The third kappa shape index (κ3) is 15.3. The molecule has 0 radical (unpaired) electrons. The van der Waals surface area contributed by atoms with E-state index in [0.717, 1.165) is 25.7 Å². The molecule has 0 spiro atoms. The Bertz CT molecular complexity index is 334. The quantitative estimate of drug-likeness (QED) is 0.186. The maximum Gasteiger partial charge on any atom is 0.311 e. The highest BCUT2D eigenvalue weighted by Crippen LogP contribution is 2.33. The summed E-state index contributed by atoms with van der Waals surface area (Å²) >= 11 is 0. The number of hydrogen-bond donors (Lipinski definition) is 0. The van der Waals surface area contributed by atoms with Crippen molar-refractivity contribution in [2.24, 2.45) is 5.41 Å². The van der Waals surface area contributed by atoms with Crippen LogP contribution in [0.15, 0.2) is 0 Å². The van der Waals surface area contributed by atoms with E-state index < -0.39 is 0 Å². The first-order valence-corrected chi connectivity index (χ1v) is 11.5. The van der Waals surface area contributed by atoms with E-state index in [9.17, 15) is 4.79 Å². The second kappa shape index (κ2) is 19.7. The van der Waals surface area contributed by atoms with Crippen LogP contribution in [0, 0.1) is 5.41 Å². The maximum absolute atomic E-state index is 12.7. The molecule has 0 N–H and O–H groups in total. The molecule has 0 aromatic carbocycles. The number of unbranched alkanes of at least 4 members (excludes halogenated alkanes) is 6. The van der Waals surface area contributed by atoms with Crippen molar-refractivity contribution in [1.82, 2.24) is 0 Å². The van der Waals surface area contributed by atoms with E-state index in [2.05, 4.69) is 20.8 Å². The molecule has 0 aromatic rings. The summed E-state index contributed by atoms with van der Waals surface area (Å²) in [5, 5.41) is 0. The smallest absolute Gasteiger partial charge is 0.311 e. The molecule has 0 unspecified atom stereocenters. The van der Waals surface area contributed by atoms with E-state index in [1.54, 1.807) is 0 Å². The van der Waals surface area contributed by atoms with Crippen molar-refractivity contribution >= 4 is 5.97 Å². The standard InChI is InChI=1S/C23H46O5/c1-5-8-10-12-14-23(4,15-13-11-9-6-2)22(24)28-21-20-27-19-18-26-17-16-25-7-3/h5-21H2,1-4H3. The van der Waals surface area contributed by atoms with Gasteiger partial charge in [-0.15, -0.1) is 0 Å². The topological polar surface area (TPSA) is 54.0 Å². The van der Waals surface area contributed by atoms with Crippen LogP contribution in [0.3, 0.4) is 0 Å². The van der Waals surface area contributed by atoms with E-state index in [4.69, 9.17) is 18.9 Å². The number of rotatable bonds is 21. The minimum absolute atomic E-state index is 0.0583. The lowest BCUT2D eigenvalue weighted by Crippen LogP contribution is -2.31. The fraction of sp³-hybridized carbons (Fsp3) is 0.957. The van der Waals surface area contributed by atoms with Gasteiger partial charge in [-0.3, -0.25) is 4.79 Å². The summed E-state index contributed by atoms with van der Waals surface area (Å²) in [4.78, 5) is 12.7. The molecule has 0 heterocycles. The lowest BCUT2D eigenvalue weighted by Gasteiger charge is -2.27. The Hall–Kier alpha value is -0.650. The second-order valence-corrected chi connectivity index (χ2v) is 7.74. The summed E-state index contributed by atoms with van der Waals surface area (Å²) in [5.74, 6) is -0.0583. The van der Waals surface area contributed by atoms with E-state index in [1.165, 1.54) is 38.5 Å². The summed E-state index contributed by atoms with van der Waals surface area (Å²) in [6.45, 7) is 12.2. The van der Waals surface area contributed by atoms with Gasteiger partial charge in [-0.05, 0) is 26.7 Å². The molecular formula is C23H46O5. The van der Waals surface area contributed by atoms with Gasteiger partial charge in [0.15, 0.2) is 0 Å². The zero-order valence-corrected chi connectivity index (χ0v) is 19.1. The van der Waals surface area contributed by atoms with Crippen molar-refractivity contribution < 1.29 is 23.7 Å². The molecule has 0 saturated carbocycles. The molecule has 0 aliphatic rings. The van der Waals surface area contributed by atoms with E-state index in [-0.39, 0.29) is 11.4 Å². The third-order valence-electron chi connectivity index (χ3n) is 5.07. The predicted octanol–water partition coefficient (Wildman–Crippen LogP) is 5.55. The van der Waals surface area contributed by atoms with Crippen LogP contribution in [0.4, 0.5) is 0 Å². The van der Waals surface area contributed by atoms with Crippen molar-refractivity contribution in [2.75, 3.05) is 46.2 Å². The van der Waals surface area contributed by atoms with E-state index >= 15 is 0 Å². The van der Waals surface area contributed by atoms with Gasteiger partial charge in [0.1, 0.15) is 6.61 Å². The molecule has 0 atom stereocenters. The first-order chi connectivity index (χ1) is 13.6. The van der Waals surface area contributed by atoms with Gasteiger partial charge in [0, 0.05) is 6.61 Å². The van der Waals surface area contributed by atoms with Crippen LogP contribution < -0.4 is 0 Å². The lowest BCUT2D eigenvalue weighted by atomic mass is 9.79. The van der Waals surface area contributed by atoms with E-state index in [0.29, 0.717) is 46.2 Å². The molecule has 0 saturated heterocycles. The highest BCUT2D eigenvalue weighted by atomic mass is 16.6. The zero-order chi connectivity index (χ0) is 20.9. The summed E-state index contributed by atoms with van der Waals surface area (Å²) in [6.07, 6.45) is 11.3. The van der Waals surface area contributed by atoms with Crippen molar-refractivity contribution in [3.8, 4) is 0 Å². The van der Waals surface area contributed by atoms with Crippen LogP contribution in [-0.2, 0) is 23.7 Å². The Kier molecular flexibility index (Phi) is 19.2. The van der Waals surface area contributed by atoms with Crippen LogP contribution in [0.1, 0.15) is 91.9 Å². The Balaban J connectivity index is 4.03. The first-order valence-electron chi connectivity index (χ1n) is 11.5. The second-order valence-electron chi connectivity index (χ2n) is 7.74. The Morgan fingerprint density at radius 2 is 1.11 bits per heavy atom. The van der Waals surface area contributed by atoms with Gasteiger partial charge in [0.05, 0.1) is 38.4 Å². The monoisotopic (exact) mass is 402 g/mol. The Morgan fingerprint density at radius 3 is 1.57 bits per heavy atom. The van der Waals surface area contributed by atoms with Crippen molar-refractivity contribution in [2.45, 2.75) is 91.9 Å². The minimum atomic E-state index is -0.357. The summed E-state index contributed by atoms with van der Waals surface area (Å²) in [5.41, 5.74) is -0.357. The number of carbonyl (C=O) groups excluding carboxylic acids is 1. The highest BCUT2D eigenvalue weighted by molar-refractivity contribution is 5.76. The number of hydrogen-bond acceptors (Lipinski definition) is 5. The minimum Gasteiger partial charge on any atom is -0.463 e. The van der Waals surface area contributed by atoms with Crippen LogP contribution in [0.5, 0.6) is 0 Å². The fourth-order valence-corrected chi connectivity index (χ4v) is 3.16. The third-order valence-corrected chi connectivity index (χ3v) is 5.07. The maximum atomic E-state index is 12.7. The molecule has 0 aromatic heterocycles. The molecule has 28 heavy (non-hydrogen) atoms. The van der Waals surface area contributed by atoms with Gasteiger partial charge in [-0.25, -0.2) is 0 Å². The number of carbonyl (C=O) groups is 1. The van der Waals surface area contributed by atoms with Gasteiger partial charge < -0.3 is 18.9 Å². The van der Waals surface area contributed by atoms with Gasteiger partial charge in [-0.1, -0.05) is 65.2 Å². The molecule has 0 aliphatic carbocycles. The van der Waals surface area contributed by atoms with Crippen molar-refractivity contribution in [3.63, 3.8) is 0 Å². The molecular weight excluding hydrogens is 356 g/mol. The molecule has 0 bridgehead atoms. The molecule has 0 fully saturated rings. The largest absolute Gasteiger partial charge is 0.463 e. The summed E-state index contributed by atoms with van der Waals surface area (Å²) < 4.78 is 21.6. The van der Waals surface area contributed by atoms with Gasteiger partial charge >= 0.3 is 5.97 Å². The molecule has 5 heteroatoms. The Labute approximate surface area is 173 Å². The van der Waals surface area contributed by atoms with Crippen LogP contribution in [0.2, 0.25) is 0 Å². The average molecular weight is 403 g/mol. The highest BCUT2D eigenvalue weighted by Gasteiger charge is 2.33. The Morgan fingerprint density at radius 1 is 0.643 bits per heavy atom. The lowest BCUT2D eigenvalue weighted by molar-refractivity contribution is -0.157. The fourth-order valence-electron chi connectivity index (χ4n) is 3.16. The van der Waals surface area contributed by atoms with Gasteiger partial charge in [0.2, 0.25) is 0 Å². The normalized spacial score (nSPS) is 11.7. The molecule has 0 aliphatic heterocycles. The summed E-state index contributed by atoms with van der Waals surface area (Å²) in [7, 11) is 0. The van der Waals surface area contributed by atoms with Gasteiger partial charge in [0.25, 0.3) is 0 Å². The van der Waals surface area contributed by atoms with Gasteiger partial charge in [-0.2, -0.15) is 0 Å². The first kappa shape index (κ1) is 27.4. The zero-order valence-electron chi connectivity index (χ0n) is 19.1. The van der Waals surface area contributed by atoms with E-state index in [1.807, 2.05) is 6.92 Å². The number of esters is 1. The average Bonchev–Trinajstić information content (AvgIpc) is 2.70. The molecule has 5 nitrogen and oxygen atoms in total.